The summed E-state index contributed by atoms with van der Waals surface area (Å²) in [6.07, 6.45) is -17.6. The van der Waals surface area contributed by atoms with Gasteiger partial charge in [-0.05, 0) is 12.1 Å². The third-order valence-electron chi connectivity index (χ3n) is 2.52. The molecule has 0 saturated carbocycles. The number of halogens is 9. The van der Waals surface area contributed by atoms with Crippen molar-refractivity contribution < 1.29 is 63.7 Å². The fourth-order valence-electron chi connectivity index (χ4n) is 1.58. The highest BCUT2D eigenvalue weighted by molar-refractivity contribution is 5.91. The molecule has 0 aromatic heterocycles. The lowest BCUT2D eigenvalue weighted by molar-refractivity contribution is -0.279. The molecule has 0 unspecified atom stereocenters. The van der Waals surface area contributed by atoms with E-state index in [0.29, 0.717) is 12.1 Å². The van der Waals surface area contributed by atoms with Gasteiger partial charge < -0.3 is 14.6 Å². The first-order chi connectivity index (χ1) is 11.5. The Hall–Kier alpha value is -2.67. The Morgan fingerprint density at radius 3 is 1.81 bits per heavy atom. The summed E-state index contributed by atoms with van der Waals surface area (Å²) >= 11 is 0. The second-order valence-electron chi connectivity index (χ2n) is 4.45. The quantitative estimate of drug-likeness (QED) is 0.471. The predicted molar refractivity (Wildman–Crippen MR) is 61.3 cm³/mol. The van der Waals surface area contributed by atoms with Crippen molar-refractivity contribution in [3.8, 4) is 11.5 Å². The average molecular weight is 400 g/mol. The maximum absolute atomic E-state index is 12.4. The van der Waals surface area contributed by atoms with Crippen LogP contribution in [-0.2, 0) is 4.79 Å². The third-order valence-corrected chi connectivity index (χ3v) is 2.52. The minimum Gasteiger partial charge on any atom is -0.478 e. The second-order valence-corrected chi connectivity index (χ2v) is 4.45. The van der Waals surface area contributed by atoms with Crippen molar-refractivity contribution in [3.63, 3.8) is 0 Å². The van der Waals surface area contributed by atoms with Gasteiger partial charge in [0.1, 0.15) is 17.1 Å². The van der Waals surface area contributed by atoms with Gasteiger partial charge in [0.15, 0.2) is 0 Å². The first kappa shape index (κ1) is 21.4. The molecule has 1 aromatic rings. The average Bonchev–Trinajstić information content (AvgIpc) is 2.32. The SMILES string of the molecule is O=C(O)c1ccc(OC(=O)C(C(F)(F)F)C(F)(F)F)cc1OC(F)(F)F. The number of rotatable bonds is 4. The van der Waals surface area contributed by atoms with Gasteiger partial charge in [-0.25, -0.2) is 4.79 Å². The minimum absolute atomic E-state index is 0.0126. The van der Waals surface area contributed by atoms with E-state index < -0.39 is 53.6 Å². The molecule has 1 N–H and O–H groups in total. The molecule has 0 aliphatic heterocycles. The lowest BCUT2D eigenvalue weighted by Crippen LogP contribution is -2.44. The Labute approximate surface area is 136 Å². The number of hydrogen-bond acceptors (Lipinski definition) is 4. The maximum Gasteiger partial charge on any atom is 0.573 e. The van der Waals surface area contributed by atoms with Gasteiger partial charge in [0.25, 0.3) is 0 Å². The number of hydrogen-bond donors (Lipinski definition) is 1. The molecule has 0 radical (unpaired) electrons. The molecule has 0 saturated heterocycles. The monoisotopic (exact) mass is 400 g/mol. The molecule has 1 rings (SSSR count). The highest BCUT2D eigenvalue weighted by Gasteiger charge is 2.62. The number of esters is 1. The van der Waals surface area contributed by atoms with Crippen molar-refractivity contribution in [1.29, 1.82) is 0 Å². The summed E-state index contributed by atoms with van der Waals surface area (Å²) in [7, 11) is 0. The number of ether oxygens (including phenoxy) is 2. The zero-order valence-electron chi connectivity index (χ0n) is 11.8. The molecular weight excluding hydrogens is 395 g/mol. The Balaban J connectivity index is 3.22. The highest BCUT2D eigenvalue weighted by atomic mass is 19.4. The molecular formula is C12H5F9O5. The van der Waals surface area contributed by atoms with Crippen LogP contribution in [0.5, 0.6) is 11.5 Å². The van der Waals surface area contributed by atoms with Crippen LogP contribution < -0.4 is 9.47 Å². The first-order valence-corrected chi connectivity index (χ1v) is 6.00. The van der Waals surface area contributed by atoms with Crippen molar-refractivity contribution >= 4 is 11.9 Å². The van der Waals surface area contributed by atoms with Crippen LogP contribution in [0, 0.1) is 5.92 Å². The number of alkyl halides is 9. The Bertz CT molecular complexity index is 676. The lowest BCUT2D eigenvalue weighted by atomic mass is 10.1. The van der Waals surface area contributed by atoms with Crippen LogP contribution in [0.1, 0.15) is 10.4 Å². The smallest absolute Gasteiger partial charge is 0.478 e. The van der Waals surface area contributed by atoms with Crippen molar-refractivity contribution in [3.05, 3.63) is 23.8 Å². The van der Waals surface area contributed by atoms with Crippen LogP contribution >= 0.6 is 0 Å². The number of carbonyl (C=O) groups excluding carboxylic acids is 1. The van der Waals surface area contributed by atoms with Crippen molar-refractivity contribution in [2.45, 2.75) is 18.7 Å². The molecule has 0 aliphatic rings. The van der Waals surface area contributed by atoms with Gasteiger partial charge >= 0.3 is 30.7 Å². The summed E-state index contributed by atoms with van der Waals surface area (Å²) in [4.78, 5) is 21.9. The molecule has 14 heteroatoms. The normalized spacial score (nSPS) is 12.8. The maximum atomic E-state index is 12.4. The van der Waals surface area contributed by atoms with Crippen LogP contribution in [0.15, 0.2) is 18.2 Å². The summed E-state index contributed by atoms with van der Waals surface area (Å²) in [6.45, 7) is 0. The predicted octanol–water partition coefficient (Wildman–Crippen LogP) is 3.93. The van der Waals surface area contributed by atoms with Crippen molar-refractivity contribution in [2.24, 2.45) is 5.92 Å². The topological polar surface area (TPSA) is 72.8 Å². The molecule has 5 nitrogen and oxygen atoms in total. The number of carboxylic acid groups (broad SMARTS) is 1. The van der Waals surface area contributed by atoms with Crippen molar-refractivity contribution in [1.82, 2.24) is 0 Å². The van der Waals surface area contributed by atoms with E-state index in [1.807, 2.05) is 0 Å². The zero-order valence-corrected chi connectivity index (χ0v) is 11.8. The number of carboxylic acids is 1. The van der Waals surface area contributed by atoms with Crippen molar-refractivity contribution in [2.75, 3.05) is 0 Å². The van der Waals surface area contributed by atoms with Crippen LogP contribution in [-0.4, -0.2) is 35.8 Å². The number of carbonyl (C=O) groups is 2. The van der Waals surface area contributed by atoms with Gasteiger partial charge in [-0.3, -0.25) is 4.79 Å². The van der Waals surface area contributed by atoms with Crippen LogP contribution in [0.4, 0.5) is 39.5 Å². The molecule has 26 heavy (non-hydrogen) atoms. The highest BCUT2D eigenvalue weighted by Crippen LogP contribution is 2.40. The number of benzene rings is 1. The van der Waals surface area contributed by atoms with E-state index in [1.165, 1.54) is 0 Å². The molecule has 0 fully saturated rings. The largest absolute Gasteiger partial charge is 0.573 e. The van der Waals surface area contributed by atoms with E-state index >= 15 is 0 Å². The van der Waals surface area contributed by atoms with Gasteiger partial charge in [0.2, 0.25) is 5.92 Å². The van der Waals surface area contributed by atoms with E-state index in [2.05, 4.69) is 9.47 Å². The molecule has 0 atom stereocenters. The van der Waals surface area contributed by atoms with E-state index in [-0.39, 0.29) is 6.07 Å². The Morgan fingerprint density at radius 1 is 0.923 bits per heavy atom. The summed E-state index contributed by atoms with van der Waals surface area (Å²) in [6, 6.07) is 0.731. The summed E-state index contributed by atoms with van der Waals surface area (Å²) in [5, 5.41) is 8.68. The fourth-order valence-corrected chi connectivity index (χ4v) is 1.58. The van der Waals surface area contributed by atoms with Gasteiger partial charge in [-0.15, -0.1) is 13.2 Å². The van der Waals surface area contributed by atoms with E-state index in [9.17, 15) is 49.1 Å². The third kappa shape index (κ3) is 5.70. The van der Waals surface area contributed by atoms with Crippen LogP contribution in [0.2, 0.25) is 0 Å². The zero-order chi connectivity index (χ0) is 20.5. The summed E-state index contributed by atoms with van der Waals surface area (Å²) in [5.74, 6) is -12.1. The van der Waals surface area contributed by atoms with Gasteiger partial charge in [-0.2, -0.15) is 26.3 Å². The van der Waals surface area contributed by atoms with Crippen LogP contribution in [0.25, 0.3) is 0 Å². The van der Waals surface area contributed by atoms with E-state index in [0.717, 1.165) is 0 Å². The molecule has 0 heterocycles. The molecule has 146 valence electrons. The van der Waals surface area contributed by atoms with E-state index in [4.69, 9.17) is 5.11 Å². The van der Waals surface area contributed by atoms with Gasteiger partial charge in [0.05, 0.1) is 0 Å². The fraction of sp³-hybridized carbons (Fsp3) is 0.333. The Morgan fingerprint density at radius 2 is 1.42 bits per heavy atom. The van der Waals surface area contributed by atoms with Gasteiger partial charge in [-0.1, -0.05) is 0 Å². The van der Waals surface area contributed by atoms with Crippen LogP contribution in [0.3, 0.4) is 0 Å². The van der Waals surface area contributed by atoms with Gasteiger partial charge in [0, 0.05) is 6.07 Å². The Kier molecular flexibility index (Phi) is 5.68. The molecule has 0 bridgehead atoms. The molecule has 0 amide bonds. The lowest BCUT2D eigenvalue weighted by Gasteiger charge is -2.21. The number of aromatic carboxylic acids is 1. The minimum atomic E-state index is -6.08. The second kappa shape index (κ2) is 6.92. The summed E-state index contributed by atoms with van der Waals surface area (Å²) < 4.78 is 118. The standard InChI is InChI=1S/C12H5F9O5/c13-10(14,15)7(11(16,17)18)9(24)25-4-1-2-5(8(22)23)6(3-4)26-12(19,20)21/h1-3,7H,(H,22,23). The van der Waals surface area contributed by atoms with E-state index in [1.54, 1.807) is 0 Å². The first-order valence-electron chi connectivity index (χ1n) is 6.00. The summed E-state index contributed by atoms with van der Waals surface area (Å²) in [5.41, 5.74) is -1.13. The molecule has 0 aliphatic carbocycles. The molecule has 0 spiro atoms. The molecule has 1 aromatic carbocycles.